The van der Waals surface area contributed by atoms with Crippen molar-refractivity contribution in [2.45, 2.75) is 26.2 Å². The van der Waals surface area contributed by atoms with Gasteiger partial charge in [0.25, 0.3) is 5.91 Å². The molecule has 1 aromatic rings. The van der Waals surface area contributed by atoms with E-state index in [2.05, 4.69) is 5.32 Å². The van der Waals surface area contributed by atoms with E-state index >= 15 is 0 Å². The van der Waals surface area contributed by atoms with Gasteiger partial charge in [-0.15, -0.1) is 0 Å². The van der Waals surface area contributed by atoms with Crippen LogP contribution < -0.4 is 5.32 Å². The minimum atomic E-state index is -0.500. The standard InChI is InChI=1S/C14H17Cl2NO3/c1-2-3-6-17-13(18)9-20-14(19)7-10-4-5-11(15)8-12(10)16/h4-5,8H,2-3,6-7,9H2,1H3,(H,17,18). The van der Waals surface area contributed by atoms with Gasteiger partial charge in [-0.25, -0.2) is 0 Å². The van der Waals surface area contributed by atoms with Crippen LogP contribution in [0.3, 0.4) is 0 Å². The van der Waals surface area contributed by atoms with E-state index in [1.165, 1.54) is 0 Å². The number of unbranched alkanes of at least 4 members (excludes halogenated alkanes) is 1. The fraction of sp³-hybridized carbons (Fsp3) is 0.429. The number of rotatable bonds is 7. The van der Waals surface area contributed by atoms with Crippen molar-refractivity contribution in [3.8, 4) is 0 Å². The fourth-order valence-electron chi connectivity index (χ4n) is 1.47. The molecule has 0 atom stereocenters. The molecular weight excluding hydrogens is 301 g/mol. The molecule has 0 saturated heterocycles. The van der Waals surface area contributed by atoms with E-state index in [4.69, 9.17) is 27.9 Å². The lowest BCUT2D eigenvalue weighted by Crippen LogP contribution is -2.29. The minimum Gasteiger partial charge on any atom is -0.455 e. The van der Waals surface area contributed by atoms with Gasteiger partial charge in [0.2, 0.25) is 0 Å². The fourth-order valence-corrected chi connectivity index (χ4v) is 1.95. The summed E-state index contributed by atoms with van der Waals surface area (Å²) in [4.78, 5) is 22.9. The van der Waals surface area contributed by atoms with Gasteiger partial charge in [-0.2, -0.15) is 0 Å². The van der Waals surface area contributed by atoms with Crippen molar-refractivity contribution in [2.75, 3.05) is 13.2 Å². The zero-order valence-electron chi connectivity index (χ0n) is 11.2. The lowest BCUT2D eigenvalue weighted by atomic mass is 10.1. The van der Waals surface area contributed by atoms with Gasteiger partial charge in [0.05, 0.1) is 6.42 Å². The second kappa shape index (κ2) is 8.82. The number of hydrogen-bond acceptors (Lipinski definition) is 3. The first kappa shape index (κ1) is 16.8. The molecule has 0 aromatic heterocycles. The average molecular weight is 318 g/mol. The first-order valence-electron chi connectivity index (χ1n) is 6.39. The highest BCUT2D eigenvalue weighted by Crippen LogP contribution is 2.21. The first-order chi connectivity index (χ1) is 9.52. The lowest BCUT2D eigenvalue weighted by Gasteiger charge is -2.07. The van der Waals surface area contributed by atoms with Crippen LogP contribution in [0.4, 0.5) is 0 Å². The highest BCUT2D eigenvalue weighted by Gasteiger charge is 2.10. The van der Waals surface area contributed by atoms with Crippen molar-refractivity contribution in [3.05, 3.63) is 33.8 Å². The molecule has 0 aliphatic carbocycles. The Morgan fingerprint density at radius 3 is 2.70 bits per heavy atom. The zero-order valence-corrected chi connectivity index (χ0v) is 12.8. The van der Waals surface area contributed by atoms with Crippen LogP contribution in [0.2, 0.25) is 10.0 Å². The SMILES string of the molecule is CCCCNC(=O)COC(=O)Cc1ccc(Cl)cc1Cl. The molecular formula is C14H17Cl2NO3. The predicted molar refractivity (Wildman–Crippen MR) is 79.0 cm³/mol. The largest absolute Gasteiger partial charge is 0.455 e. The quantitative estimate of drug-likeness (QED) is 0.621. The molecule has 0 heterocycles. The highest BCUT2D eigenvalue weighted by atomic mass is 35.5. The molecule has 4 nitrogen and oxygen atoms in total. The summed E-state index contributed by atoms with van der Waals surface area (Å²) in [5, 5.41) is 3.57. The number of benzene rings is 1. The summed E-state index contributed by atoms with van der Waals surface area (Å²) in [5.41, 5.74) is 0.618. The summed E-state index contributed by atoms with van der Waals surface area (Å²) in [6, 6.07) is 4.87. The molecule has 20 heavy (non-hydrogen) atoms. The zero-order chi connectivity index (χ0) is 15.0. The molecule has 0 spiro atoms. The van der Waals surface area contributed by atoms with Gasteiger partial charge in [0.15, 0.2) is 6.61 Å². The second-order valence-electron chi connectivity index (χ2n) is 4.28. The third-order valence-electron chi connectivity index (χ3n) is 2.57. The maximum absolute atomic E-state index is 11.6. The van der Waals surface area contributed by atoms with Crippen molar-refractivity contribution in [1.82, 2.24) is 5.32 Å². The Hall–Kier alpha value is -1.26. The summed E-state index contributed by atoms with van der Waals surface area (Å²) < 4.78 is 4.88. The van der Waals surface area contributed by atoms with Gasteiger partial charge in [0.1, 0.15) is 0 Å². The number of amides is 1. The smallest absolute Gasteiger partial charge is 0.310 e. The topological polar surface area (TPSA) is 55.4 Å². The Bertz CT molecular complexity index is 477. The molecule has 1 rings (SSSR count). The van der Waals surface area contributed by atoms with E-state index in [-0.39, 0.29) is 18.9 Å². The predicted octanol–water partition coefficient (Wildman–Crippen LogP) is 3.00. The van der Waals surface area contributed by atoms with Gasteiger partial charge in [0, 0.05) is 16.6 Å². The monoisotopic (exact) mass is 317 g/mol. The van der Waals surface area contributed by atoms with Crippen molar-refractivity contribution in [2.24, 2.45) is 0 Å². The Balaban J connectivity index is 2.34. The van der Waals surface area contributed by atoms with Crippen LogP contribution in [0.5, 0.6) is 0 Å². The lowest BCUT2D eigenvalue weighted by molar-refractivity contribution is -0.147. The molecule has 0 unspecified atom stereocenters. The number of carbonyl (C=O) groups is 2. The van der Waals surface area contributed by atoms with E-state index in [9.17, 15) is 9.59 Å². The van der Waals surface area contributed by atoms with E-state index in [1.807, 2.05) is 6.92 Å². The molecule has 1 N–H and O–H groups in total. The number of nitrogens with one attached hydrogen (secondary N) is 1. The average Bonchev–Trinajstić information content (AvgIpc) is 2.40. The van der Waals surface area contributed by atoms with Gasteiger partial charge < -0.3 is 10.1 Å². The summed E-state index contributed by atoms with van der Waals surface area (Å²) in [5.74, 6) is -0.797. The Labute approximate surface area is 128 Å². The maximum atomic E-state index is 11.6. The summed E-state index contributed by atoms with van der Waals surface area (Å²) in [6.07, 6.45) is 1.91. The number of esters is 1. The van der Waals surface area contributed by atoms with Crippen LogP contribution in [0, 0.1) is 0 Å². The third-order valence-corrected chi connectivity index (χ3v) is 3.15. The van der Waals surface area contributed by atoms with E-state index in [0.29, 0.717) is 22.2 Å². The van der Waals surface area contributed by atoms with Crippen LogP contribution >= 0.6 is 23.2 Å². The van der Waals surface area contributed by atoms with Gasteiger partial charge in [-0.05, 0) is 24.1 Å². The molecule has 1 amide bonds. The Morgan fingerprint density at radius 2 is 2.05 bits per heavy atom. The Morgan fingerprint density at radius 1 is 1.30 bits per heavy atom. The van der Waals surface area contributed by atoms with Gasteiger partial charge in [-0.1, -0.05) is 42.6 Å². The molecule has 1 aromatic carbocycles. The van der Waals surface area contributed by atoms with Crippen molar-refractivity contribution < 1.29 is 14.3 Å². The number of ether oxygens (including phenoxy) is 1. The van der Waals surface area contributed by atoms with Crippen LogP contribution in [-0.4, -0.2) is 25.0 Å². The van der Waals surface area contributed by atoms with Crippen molar-refractivity contribution >= 4 is 35.1 Å². The van der Waals surface area contributed by atoms with Gasteiger partial charge >= 0.3 is 5.97 Å². The Kier molecular flexibility index (Phi) is 7.41. The molecule has 0 radical (unpaired) electrons. The summed E-state index contributed by atoms with van der Waals surface area (Å²) >= 11 is 11.7. The van der Waals surface area contributed by atoms with Crippen LogP contribution in [0.15, 0.2) is 18.2 Å². The normalized spacial score (nSPS) is 10.2. The van der Waals surface area contributed by atoms with Crippen LogP contribution in [-0.2, 0) is 20.7 Å². The van der Waals surface area contributed by atoms with E-state index in [1.54, 1.807) is 18.2 Å². The maximum Gasteiger partial charge on any atom is 0.310 e. The summed E-state index contributed by atoms with van der Waals surface area (Å²) in [6.45, 7) is 2.35. The molecule has 6 heteroatoms. The number of hydrogen-bond donors (Lipinski definition) is 1. The second-order valence-corrected chi connectivity index (χ2v) is 5.12. The van der Waals surface area contributed by atoms with Crippen molar-refractivity contribution in [1.29, 1.82) is 0 Å². The molecule has 0 saturated carbocycles. The first-order valence-corrected chi connectivity index (χ1v) is 7.14. The number of halogens is 2. The van der Waals surface area contributed by atoms with Crippen LogP contribution in [0.1, 0.15) is 25.3 Å². The third kappa shape index (κ3) is 6.26. The molecule has 0 aliphatic heterocycles. The number of carbonyl (C=O) groups excluding carboxylic acids is 2. The molecule has 110 valence electrons. The van der Waals surface area contributed by atoms with E-state index < -0.39 is 5.97 Å². The van der Waals surface area contributed by atoms with Gasteiger partial charge in [-0.3, -0.25) is 9.59 Å². The van der Waals surface area contributed by atoms with E-state index in [0.717, 1.165) is 12.8 Å². The van der Waals surface area contributed by atoms with Crippen LogP contribution in [0.25, 0.3) is 0 Å². The minimum absolute atomic E-state index is 0.0121. The molecule has 0 bridgehead atoms. The summed E-state index contributed by atoms with van der Waals surface area (Å²) in [7, 11) is 0. The molecule has 0 fully saturated rings. The molecule has 0 aliphatic rings. The van der Waals surface area contributed by atoms with Crippen molar-refractivity contribution in [3.63, 3.8) is 0 Å². The highest BCUT2D eigenvalue weighted by molar-refractivity contribution is 6.35.